The number of halogens is 1. The maximum absolute atomic E-state index is 6.11. The predicted octanol–water partition coefficient (Wildman–Crippen LogP) is 2.40. The molecule has 6 heteroatoms. The number of amidine groups is 1. The number of nitrogens with one attached hydrogen (secondary N) is 1. The second kappa shape index (κ2) is 6.88. The highest BCUT2D eigenvalue weighted by Crippen LogP contribution is 2.24. The van der Waals surface area contributed by atoms with Crippen LogP contribution in [0, 0.1) is 5.41 Å². The van der Waals surface area contributed by atoms with Crippen molar-refractivity contribution in [2.75, 3.05) is 33.0 Å². The van der Waals surface area contributed by atoms with E-state index in [-0.39, 0.29) is 5.62 Å². The molecule has 0 aromatic heterocycles. The summed E-state index contributed by atoms with van der Waals surface area (Å²) >= 11 is 6.11. The average molecular weight is 315 g/mol. The van der Waals surface area contributed by atoms with Gasteiger partial charge in [0.25, 0.3) is 0 Å². The fraction of sp³-hybridized carbons (Fsp3) is 0.800. The standard InChI is InChI=1S/C15H27ClN4O/c1-5-21-9-8-19-10-12-13(18-14(16)17-12)20(11-19)7-6-15(2,3)4/h10,14,17H,5-9,11H2,1-4H3. The molecule has 0 amide bonds. The van der Waals surface area contributed by atoms with Crippen LogP contribution in [0.2, 0.25) is 0 Å². The van der Waals surface area contributed by atoms with E-state index in [1.165, 1.54) is 0 Å². The Bertz CT molecular complexity index is 416. The lowest BCUT2D eigenvalue weighted by Crippen LogP contribution is -2.47. The normalized spacial score (nSPS) is 21.9. The Balaban J connectivity index is 2.01. The highest BCUT2D eigenvalue weighted by molar-refractivity contribution is 6.22. The Morgan fingerprint density at radius 3 is 2.86 bits per heavy atom. The molecule has 2 aliphatic rings. The SMILES string of the molecule is CCOCCN1C=C2NC(Cl)N=C2N(CCC(C)(C)C)C1. The number of aliphatic imine (C=N–C) groups is 1. The number of alkyl halides is 1. The molecule has 0 aromatic rings. The third kappa shape index (κ3) is 4.78. The number of hydrogen-bond acceptors (Lipinski definition) is 5. The molecule has 21 heavy (non-hydrogen) atoms. The smallest absolute Gasteiger partial charge is 0.197 e. The fourth-order valence-electron chi connectivity index (χ4n) is 2.37. The van der Waals surface area contributed by atoms with E-state index in [0.29, 0.717) is 5.41 Å². The molecule has 5 nitrogen and oxygen atoms in total. The van der Waals surface area contributed by atoms with E-state index in [0.717, 1.165) is 50.9 Å². The van der Waals surface area contributed by atoms with Gasteiger partial charge in [0.1, 0.15) is 0 Å². The van der Waals surface area contributed by atoms with Crippen LogP contribution in [-0.4, -0.2) is 54.2 Å². The number of ether oxygens (including phenoxy) is 1. The van der Waals surface area contributed by atoms with Crippen LogP contribution in [0.5, 0.6) is 0 Å². The summed E-state index contributed by atoms with van der Waals surface area (Å²) in [5, 5.41) is 3.20. The average Bonchev–Trinajstić information content (AvgIpc) is 2.75. The van der Waals surface area contributed by atoms with Gasteiger partial charge in [-0.3, -0.25) is 0 Å². The van der Waals surface area contributed by atoms with E-state index in [1.54, 1.807) is 0 Å². The monoisotopic (exact) mass is 314 g/mol. The molecule has 0 radical (unpaired) electrons. The van der Waals surface area contributed by atoms with Crippen LogP contribution in [0.25, 0.3) is 0 Å². The van der Waals surface area contributed by atoms with Gasteiger partial charge in [0.05, 0.1) is 19.0 Å². The van der Waals surface area contributed by atoms with Gasteiger partial charge in [0, 0.05) is 25.9 Å². The van der Waals surface area contributed by atoms with Gasteiger partial charge >= 0.3 is 0 Å². The van der Waals surface area contributed by atoms with Crippen molar-refractivity contribution in [2.24, 2.45) is 10.4 Å². The lowest BCUT2D eigenvalue weighted by atomic mass is 9.92. The minimum atomic E-state index is -0.352. The van der Waals surface area contributed by atoms with Gasteiger partial charge in [-0.15, -0.1) is 0 Å². The number of nitrogens with zero attached hydrogens (tertiary/aromatic N) is 3. The molecule has 0 fully saturated rings. The Kier molecular flexibility index (Phi) is 5.38. The van der Waals surface area contributed by atoms with E-state index < -0.39 is 0 Å². The Hall–Kier alpha value is -0.940. The topological polar surface area (TPSA) is 40.1 Å². The van der Waals surface area contributed by atoms with Crippen LogP contribution in [0.3, 0.4) is 0 Å². The molecule has 0 spiro atoms. The molecule has 1 unspecified atom stereocenters. The van der Waals surface area contributed by atoms with Crippen molar-refractivity contribution < 1.29 is 4.74 Å². The summed E-state index contributed by atoms with van der Waals surface area (Å²) in [6.45, 7) is 13.0. The predicted molar refractivity (Wildman–Crippen MR) is 87.1 cm³/mol. The number of hydrogen-bond donors (Lipinski definition) is 1. The second-order valence-corrected chi connectivity index (χ2v) is 7.11. The van der Waals surface area contributed by atoms with Crippen molar-refractivity contribution in [3.05, 3.63) is 11.9 Å². The lowest BCUT2D eigenvalue weighted by molar-refractivity contribution is 0.112. The summed E-state index contributed by atoms with van der Waals surface area (Å²) in [5.41, 5.74) is 0.978. The molecule has 0 saturated heterocycles. The molecule has 2 rings (SSSR count). The maximum atomic E-state index is 6.11. The van der Waals surface area contributed by atoms with Gasteiger partial charge in [-0.25, -0.2) is 4.99 Å². The lowest BCUT2D eigenvalue weighted by Gasteiger charge is -2.37. The zero-order chi connectivity index (χ0) is 15.5. The first-order valence-corrected chi connectivity index (χ1v) is 8.10. The number of rotatable bonds is 6. The molecule has 0 bridgehead atoms. The Labute approximate surface area is 133 Å². The number of fused-ring (bicyclic) bond motifs is 1. The van der Waals surface area contributed by atoms with Crippen LogP contribution < -0.4 is 5.32 Å². The van der Waals surface area contributed by atoms with Gasteiger partial charge in [-0.05, 0) is 18.8 Å². The van der Waals surface area contributed by atoms with Crippen molar-refractivity contribution in [2.45, 2.75) is 39.7 Å². The maximum Gasteiger partial charge on any atom is 0.197 e. The molecule has 1 N–H and O–H groups in total. The molecule has 120 valence electrons. The molecule has 0 aromatic carbocycles. The van der Waals surface area contributed by atoms with Crippen molar-refractivity contribution in [1.29, 1.82) is 0 Å². The van der Waals surface area contributed by atoms with E-state index >= 15 is 0 Å². The van der Waals surface area contributed by atoms with Gasteiger partial charge < -0.3 is 19.9 Å². The van der Waals surface area contributed by atoms with E-state index in [1.807, 2.05) is 6.92 Å². The highest BCUT2D eigenvalue weighted by atomic mass is 35.5. The molecular weight excluding hydrogens is 288 g/mol. The third-order valence-corrected chi connectivity index (χ3v) is 3.78. The van der Waals surface area contributed by atoms with Gasteiger partial charge in [-0.2, -0.15) is 0 Å². The molecule has 2 aliphatic heterocycles. The molecular formula is C15H27ClN4O. The third-order valence-electron chi connectivity index (χ3n) is 3.57. The van der Waals surface area contributed by atoms with Crippen molar-refractivity contribution in [3.8, 4) is 0 Å². The first-order chi connectivity index (χ1) is 9.89. The molecule has 0 aliphatic carbocycles. The van der Waals surface area contributed by atoms with Gasteiger partial charge in [0.15, 0.2) is 11.5 Å². The van der Waals surface area contributed by atoms with Crippen LogP contribution in [-0.2, 0) is 4.74 Å². The Morgan fingerprint density at radius 1 is 1.43 bits per heavy atom. The first-order valence-electron chi connectivity index (χ1n) is 7.66. The fourth-order valence-corrected chi connectivity index (χ4v) is 2.58. The largest absolute Gasteiger partial charge is 0.380 e. The van der Waals surface area contributed by atoms with Crippen molar-refractivity contribution in [3.63, 3.8) is 0 Å². The van der Waals surface area contributed by atoms with E-state index in [2.05, 4.69) is 47.1 Å². The van der Waals surface area contributed by atoms with Crippen molar-refractivity contribution in [1.82, 2.24) is 15.1 Å². The Morgan fingerprint density at radius 2 is 2.19 bits per heavy atom. The summed E-state index contributed by atoms with van der Waals surface area (Å²) < 4.78 is 5.45. The molecule has 2 heterocycles. The summed E-state index contributed by atoms with van der Waals surface area (Å²) in [6, 6.07) is 0. The second-order valence-electron chi connectivity index (χ2n) is 6.70. The van der Waals surface area contributed by atoms with E-state index in [9.17, 15) is 0 Å². The highest BCUT2D eigenvalue weighted by Gasteiger charge is 2.30. The van der Waals surface area contributed by atoms with Crippen LogP contribution in [0.1, 0.15) is 34.1 Å². The quantitative estimate of drug-likeness (QED) is 0.464. The zero-order valence-electron chi connectivity index (χ0n) is 13.5. The summed E-state index contributed by atoms with van der Waals surface area (Å²) in [4.78, 5) is 9.06. The van der Waals surface area contributed by atoms with E-state index in [4.69, 9.17) is 16.3 Å². The molecule has 1 atom stereocenters. The summed E-state index contributed by atoms with van der Waals surface area (Å²) in [5.74, 6) is 0.993. The minimum absolute atomic E-state index is 0.310. The van der Waals surface area contributed by atoms with Gasteiger partial charge in [0.2, 0.25) is 0 Å². The zero-order valence-corrected chi connectivity index (χ0v) is 14.3. The summed E-state index contributed by atoms with van der Waals surface area (Å²) in [7, 11) is 0. The van der Waals surface area contributed by atoms with Crippen LogP contribution in [0.4, 0.5) is 0 Å². The first kappa shape index (κ1) is 16.4. The minimum Gasteiger partial charge on any atom is -0.380 e. The van der Waals surface area contributed by atoms with Crippen molar-refractivity contribution >= 4 is 17.4 Å². The summed E-state index contributed by atoms with van der Waals surface area (Å²) in [6.07, 6.45) is 3.22. The van der Waals surface area contributed by atoms with Crippen LogP contribution in [0.15, 0.2) is 16.9 Å². The van der Waals surface area contributed by atoms with Gasteiger partial charge in [-0.1, -0.05) is 32.4 Å². The molecule has 0 saturated carbocycles. The van der Waals surface area contributed by atoms with Crippen LogP contribution >= 0.6 is 11.6 Å².